The zero-order valence-corrected chi connectivity index (χ0v) is 9.29. The summed E-state index contributed by atoms with van der Waals surface area (Å²) in [5, 5.41) is 7.05. The number of hydrogen-bond donors (Lipinski definition) is 1. The first kappa shape index (κ1) is 10.2. The Labute approximate surface area is 89.7 Å². The average Bonchev–Trinajstić information content (AvgIpc) is 2.83. The van der Waals surface area contributed by atoms with Gasteiger partial charge in [-0.15, -0.1) is 0 Å². The molecule has 0 aromatic carbocycles. The summed E-state index contributed by atoms with van der Waals surface area (Å²) in [5.41, 5.74) is 1.84. The van der Waals surface area contributed by atoms with Gasteiger partial charge in [0.2, 0.25) is 5.91 Å². The van der Waals surface area contributed by atoms with E-state index in [0.29, 0.717) is 0 Å². The molecule has 4 nitrogen and oxygen atoms in total. The lowest BCUT2D eigenvalue weighted by molar-refractivity contribution is -0.119. The number of hydrogen-bond acceptors (Lipinski definition) is 2. The van der Waals surface area contributed by atoms with Crippen molar-refractivity contribution in [3.63, 3.8) is 0 Å². The molecule has 1 aliphatic rings. The highest BCUT2D eigenvalue weighted by molar-refractivity contribution is 5.93. The molecule has 1 aromatic rings. The van der Waals surface area contributed by atoms with Gasteiger partial charge in [0, 0.05) is 13.0 Å². The molecule has 82 valence electrons. The fourth-order valence-corrected chi connectivity index (χ4v) is 2.04. The number of carbonyl (C=O) groups excluding carboxylic acids is 1. The highest BCUT2D eigenvalue weighted by Crippen LogP contribution is 2.26. The molecule has 1 aromatic heterocycles. The highest BCUT2D eigenvalue weighted by atomic mass is 16.1. The maximum absolute atomic E-state index is 11.8. The van der Waals surface area contributed by atoms with Crippen LogP contribution in [-0.2, 0) is 11.8 Å². The van der Waals surface area contributed by atoms with Crippen LogP contribution in [0.5, 0.6) is 0 Å². The van der Waals surface area contributed by atoms with Crippen molar-refractivity contribution in [1.29, 1.82) is 0 Å². The molecule has 0 saturated heterocycles. The topological polar surface area (TPSA) is 46.9 Å². The molecule has 0 unspecified atom stereocenters. The van der Waals surface area contributed by atoms with Crippen molar-refractivity contribution in [2.75, 3.05) is 5.32 Å². The van der Waals surface area contributed by atoms with E-state index in [9.17, 15) is 4.79 Å². The Balaban J connectivity index is 2.02. The first-order valence-corrected chi connectivity index (χ1v) is 5.48. The molecular formula is C11H17N3O. The third-order valence-corrected chi connectivity index (χ3v) is 3.22. The lowest BCUT2D eigenvalue weighted by Crippen LogP contribution is -2.20. The molecule has 1 amide bonds. The fourth-order valence-electron chi connectivity index (χ4n) is 2.04. The van der Waals surface area contributed by atoms with Gasteiger partial charge in [-0.2, -0.15) is 5.10 Å². The smallest absolute Gasteiger partial charge is 0.227 e. The summed E-state index contributed by atoms with van der Waals surface area (Å²) in [5.74, 6) is 0.369. The SMILES string of the molecule is Cc1c(NC(=O)C2CCCC2)cnn1C. The van der Waals surface area contributed by atoms with E-state index in [1.165, 1.54) is 12.8 Å². The van der Waals surface area contributed by atoms with Crippen molar-refractivity contribution in [3.8, 4) is 0 Å². The molecule has 0 aliphatic heterocycles. The van der Waals surface area contributed by atoms with Crippen LogP contribution in [0.2, 0.25) is 0 Å². The lowest BCUT2D eigenvalue weighted by atomic mass is 10.1. The molecule has 0 bridgehead atoms. The van der Waals surface area contributed by atoms with Crippen molar-refractivity contribution in [1.82, 2.24) is 9.78 Å². The summed E-state index contributed by atoms with van der Waals surface area (Å²) in [6, 6.07) is 0. The minimum atomic E-state index is 0.156. The third-order valence-electron chi connectivity index (χ3n) is 3.22. The van der Waals surface area contributed by atoms with Crippen LogP contribution in [-0.4, -0.2) is 15.7 Å². The number of rotatable bonds is 2. The van der Waals surface area contributed by atoms with Gasteiger partial charge in [0.1, 0.15) is 0 Å². The molecule has 0 radical (unpaired) electrons. The van der Waals surface area contributed by atoms with Gasteiger partial charge >= 0.3 is 0 Å². The first-order chi connectivity index (χ1) is 7.18. The van der Waals surface area contributed by atoms with Gasteiger partial charge in [-0.1, -0.05) is 12.8 Å². The van der Waals surface area contributed by atoms with E-state index in [4.69, 9.17) is 0 Å². The zero-order valence-electron chi connectivity index (χ0n) is 9.29. The van der Waals surface area contributed by atoms with Crippen molar-refractivity contribution in [2.45, 2.75) is 32.6 Å². The highest BCUT2D eigenvalue weighted by Gasteiger charge is 2.23. The van der Waals surface area contributed by atoms with E-state index < -0.39 is 0 Å². The van der Waals surface area contributed by atoms with Gasteiger partial charge in [-0.05, 0) is 19.8 Å². The summed E-state index contributed by atoms with van der Waals surface area (Å²) in [7, 11) is 1.88. The number of amides is 1. The van der Waals surface area contributed by atoms with Crippen LogP contribution < -0.4 is 5.32 Å². The van der Waals surface area contributed by atoms with E-state index in [1.54, 1.807) is 10.9 Å². The third kappa shape index (κ3) is 2.03. The molecule has 1 N–H and O–H groups in total. The monoisotopic (exact) mass is 207 g/mol. The van der Waals surface area contributed by atoms with Crippen LogP contribution in [0.1, 0.15) is 31.4 Å². The molecule has 0 spiro atoms. The van der Waals surface area contributed by atoms with Crippen molar-refractivity contribution >= 4 is 11.6 Å². The maximum atomic E-state index is 11.8. The van der Waals surface area contributed by atoms with E-state index in [0.717, 1.165) is 24.2 Å². The van der Waals surface area contributed by atoms with Gasteiger partial charge in [0.05, 0.1) is 17.6 Å². The van der Waals surface area contributed by atoms with Crippen LogP contribution >= 0.6 is 0 Å². The lowest BCUT2D eigenvalue weighted by Gasteiger charge is -2.09. The maximum Gasteiger partial charge on any atom is 0.227 e. The average molecular weight is 207 g/mol. The summed E-state index contributed by atoms with van der Waals surface area (Å²) in [6.45, 7) is 1.96. The molecule has 1 fully saturated rings. The Morgan fingerprint density at radius 2 is 2.20 bits per heavy atom. The van der Waals surface area contributed by atoms with Crippen LogP contribution in [0.15, 0.2) is 6.20 Å². The number of aryl methyl sites for hydroxylation is 1. The van der Waals surface area contributed by atoms with E-state index in [2.05, 4.69) is 10.4 Å². The Morgan fingerprint density at radius 3 is 2.73 bits per heavy atom. The van der Waals surface area contributed by atoms with Gasteiger partial charge in [-0.3, -0.25) is 9.48 Å². The van der Waals surface area contributed by atoms with Crippen molar-refractivity contribution in [2.24, 2.45) is 13.0 Å². The predicted octanol–water partition coefficient (Wildman–Crippen LogP) is 1.86. The van der Waals surface area contributed by atoms with Crippen LogP contribution in [0.3, 0.4) is 0 Å². The minimum absolute atomic E-state index is 0.156. The summed E-state index contributed by atoms with van der Waals surface area (Å²) < 4.78 is 1.77. The largest absolute Gasteiger partial charge is 0.323 e. The summed E-state index contributed by atoms with van der Waals surface area (Å²) in [4.78, 5) is 11.8. The molecule has 2 rings (SSSR count). The van der Waals surface area contributed by atoms with Gasteiger partial charge in [0.15, 0.2) is 0 Å². The number of nitrogens with one attached hydrogen (secondary N) is 1. The standard InChI is InChI=1S/C11H17N3O/c1-8-10(7-12-14(8)2)13-11(15)9-5-3-4-6-9/h7,9H,3-6H2,1-2H3,(H,13,15). The zero-order chi connectivity index (χ0) is 10.8. The molecule has 1 heterocycles. The molecular weight excluding hydrogens is 190 g/mol. The molecule has 1 saturated carbocycles. The van der Waals surface area contributed by atoms with Crippen molar-refractivity contribution < 1.29 is 4.79 Å². The Morgan fingerprint density at radius 1 is 1.53 bits per heavy atom. The number of nitrogens with zero attached hydrogens (tertiary/aromatic N) is 2. The van der Waals surface area contributed by atoms with E-state index in [-0.39, 0.29) is 11.8 Å². The quantitative estimate of drug-likeness (QED) is 0.804. The van der Waals surface area contributed by atoms with Crippen molar-refractivity contribution in [3.05, 3.63) is 11.9 Å². The Bertz CT molecular complexity index is 364. The summed E-state index contributed by atoms with van der Waals surface area (Å²) in [6.07, 6.45) is 6.15. The minimum Gasteiger partial charge on any atom is -0.323 e. The van der Waals surface area contributed by atoms with Gasteiger partial charge in [-0.25, -0.2) is 0 Å². The van der Waals surface area contributed by atoms with E-state index in [1.807, 2.05) is 14.0 Å². The van der Waals surface area contributed by atoms with Crippen LogP contribution in [0, 0.1) is 12.8 Å². The second-order valence-corrected chi connectivity index (χ2v) is 4.24. The fraction of sp³-hybridized carbons (Fsp3) is 0.636. The van der Waals surface area contributed by atoms with E-state index >= 15 is 0 Å². The normalized spacial score (nSPS) is 16.9. The molecule has 4 heteroatoms. The predicted molar refractivity (Wildman–Crippen MR) is 58.5 cm³/mol. The van der Waals surface area contributed by atoms with Gasteiger partial charge in [0.25, 0.3) is 0 Å². The van der Waals surface area contributed by atoms with Crippen LogP contribution in [0.25, 0.3) is 0 Å². The number of aromatic nitrogens is 2. The number of carbonyl (C=O) groups is 1. The second kappa shape index (κ2) is 4.04. The number of anilines is 1. The second-order valence-electron chi connectivity index (χ2n) is 4.24. The molecule has 1 aliphatic carbocycles. The summed E-state index contributed by atoms with van der Waals surface area (Å²) >= 11 is 0. The van der Waals surface area contributed by atoms with Crippen LogP contribution in [0.4, 0.5) is 5.69 Å². The molecule has 0 atom stereocenters. The first-order valence-electron chi connectivity index (χ1n) is 5.48. The van der Waals surface area contributed by atoms with Gasteiger partial charge < -0.3 is 5.32 Å². The Hall–Kier alpha value is -1.32. The Kier molecular flexibility index (Phi) is 2.75. The molecule has 15 heavy (non-hydrogen) atoms.